The second-order valence-electron chi connectivity index (χ2n) is 7.31. The topological polar surface area (TPSA) is 89.1 Å². The Bertz CT molecular complexity index is 942. The fourth-order valence-electron chi connectivity index (χ4n) is 3.23. The van der Waals surface area contributed by atoms with E-state index in [2.05, 4.69) is 6.58 Å². The molecule has 6 nitrogen and oxygen atoms in total. The first kappa shape index (κ1) is 22.6. The summed E-state index contributed by atoms with van der Waals surface area (Å²) >= 11 is 0. The standard InChI is InChI=1S/C25H28O6/c1-2-25(28)30-16-6-9-22(27)21(26)8-5-15-29-20-13-11-18(12-14-20)24-17-19-7-3-4-10-23(19)31-24/h2-4,7,10-14,17,21-22,26-27H,1,5-6,8-9,15-16H2. The van der Waals surface area contributed by atoms with E-state index < -0.39 is 18.2 Å². The zero-order valence-corrected chi connectivity index (χ0v) is 17.4. The number of esters is 1. The van der Waals surface area contributed by atoms with E-state index in [9.17, 15) is 15.0 Å². The molecule has 0 spiro atoms. The van der Waals surface area contributed by atoms with Crippen LogP contribution in [0.5, 0.6) is 5.75 Å². The number of hydrogen-bond donors (Lipinski definition) is 2. The average molecular weight is 424 g/mol. The number of carbonyl (C=O) groups is 1. The summed E-state index contributed by atoms with van der Waals surface area (Å²) in [5.41, 5.74) is 1.83. The van der Waals surface area contributed by atoms with E-state index in [1.807, 2.05) is 54.6 Å². The van der Waals surface area contributed by atoms with Gasteiger partial charge in [-0.1, -0.05) is 24.8 Å². The first-order chi connectivity index (χ1) is 15.1. The SMILES string of the molecule is C=CC(=O)OCCCC(O)C(O)CCCOc1ccc(-c2cc3ccccc3o2)cc1. The van der Waals surface area contributed by atoms with E-state index >= 15 is 0 Å². The number of benzene rings is 2. The summed E-state index contributed by atoms with van der Waals surface area (Å²) in [7, 11) is 0. The highest BCUT2D eigenvalue weighted by Gasteiger charge is 2.16. The minimum atomic E-state index is -0.856. The quantitative estimate of drug-likeness (QED) is 0.253. The number of aliphatic hydroxyl groups is 2. The lowest BCUT2D eigenvalue weighted by atomic mass is 10.0. The normalized spacial score (nSPS) is 13.0. The lowest BCUT2D eigenvalue weighted by molar-refractivity contribution is -0.138. The van der Waals surface area contributed by atoms with Crippen molar-refractivity contribution in [2.75, 3.05) is 13.2 Å². The van der Waals surface area contributed by atoms with Crippen LogP contribution in [0.25, 0.3) is 22.3 Å². The molecule has 31 heavy (non-hydrogen) atoms. The Morgan fingerprint density at radius 1 is 1.00 bits per heavy atom. The molecule has 0 aliphatic rings. The molecule has 0 saturated heterocycles. The Labute approximate surface area is 181 Å². The van der Waals surface area contributed by atoms with Gasteiger partial charge in [0.1, 0.15) is 17.1 Å². The molecule has 1 heterocycles. The van der Waals surface area contributed by atoms with Crippen molar-refractivity contribution in [1.29, 1.82) is 0 Å². The van der Waals surface area contributed by atoms with E-state index in [0.29, 0.717) is 32.3 Å². The summed E-state index contributed by atoms with van der Waals surface area (Å²) in [4.78, 5) is 10.9. The summed E-state index contributed by atoms with van der Waals surface area (Å²) in [6, 6.07) is 17.6. The van der Waals surface area contributed by atoms with Gasteiger partial charge in [-0.15, -0.1) is 0 Å². The van der Waals surface area contributed by atoms with Crippen LogP contribution in [0.2, 0.25) is 0 Å². The largest absolute Gasteiger partial charge is 0.494 e. The van der Waals surface area contributed by atoms with Gasteiger partial charge in [0, 0.05) is 17.0 Å². The molecule has 0 saturated carbocycles. The van der Waals surface area contributed by atoms with Crippen LogP contribution in [-0.4, -0.2) is 41.6 Å². The Kier molecular flexibility index (Phi) is 8.27. The first-order valence-electron chi connectivity index (χ1n) is 10.4. The summed E-state index contributed by atoms with van der Waals surface area (Å²) in [6.07, 6.45) is 1.26. The number of para-hydroxylation sites is 1. The number of carbonyl (C=O) groups excluding carboxylic acids is 1. The third kappa shape index (κ3) is 6.70. The number of aliphatic hydroxyl groups excluding tert-OH is 2. The molecule has 0 radical (unpaired) electrons. The molecular formula is C25H28O6. The Balaban J connectivity index is 1.36. The molecule has 0 aliphatic carbocycles. The lowest BCUT2D eigenvalue weighted by Gasteiger charge is -2.17. The van der Waals surface area contributed by atoms with Gasteiger partial charge in [0.25, 0.3) is 0 Å². The van der Waals surface area contributed by atoms with Crippen molar-refractivity contribution in [1.82, 2.24) is 0 Å². The molecule has 0 aliphatic heterocycles. The van der Waals surface area contributed by atoms with Crippen molar-refractivity contribution in [3.8, 4) is 17.1 Å². The summed E-state index contributed by atoms with van der Waals surface area (Å²) in [6.45, 7) is 3.94. The van der Waals surface area contributed by atoms with Crippen molar-refractivity contribution in [3.05, 3.63) is 67.3 Å². The molecule has 0 amide bonds. The fourth-order valence-corrected chi connectivity index (χ4v) is 3.23. The van der Waals surface area contributed by atoms with Crippen LogP contribution in [0.3, 0.4) is 0 Å². The minimum Gasteiger partial charge on any atom is -0.494 e. The van der Waals surface area contributed by atoms with Crippen LogP contribution in [0.15, 0.2) is 71.7 Å². The molecule has 3 rings (SSSR count). The third-order valence-electron chi connectivity index (χ3n) is 4.98. The van der Waals surface area contributed by atoms with Crippen LogP contribution in [0.1, 0.15) is 25.7 Å². The molecule has 164 valence electrons. The van der Waals surface area contributed by atoms with E-state index in [4.69, 9.17) is 13.9 Å². The highest BCUT2D eigenvalue weighted by atomic mass is 16.5. The minimum absolute atomic E-state index is 0.196. The van der Waals surface area contributed by atoms with E-state index in [1.165, 1.54) is 0 Å². The summed E-state index contributed by atoms with van der Waals surface area (Å²) in [5.74, 6) is 1.06. The molecule has 6 heteroatoms. The molecule has 2 unspecified atom stereocenters. The van der Waals surface area contributed by atoms with Gasteiger partial charge in [-0.2, -0.15) is 0 Å². The highest BCUT2D eigenvalue weighted by molar-refractivity contribution is 5.82. The number of ether oxygens (including phenoxy) is 2. The second kappa shape index (κ2) is 11.3. The number of furan rings is 1. The molecule has 0 fully saturated rings. The molecule has 2 atom stereocenters. The van der Waals surface area contributed by atoms with Gasteiger partial charge >= 0.3 is 5.97 Å². The van der Waals surface area contributed by atoms with Crippen LogP contribution < -0.4 is 4.74 Å². The van der Waals surface area contributed by atoms with Crippen molar-refractivity contribution >= 4 is 16.9 Å². The highest BCUT2D eigenvalue weighted by Crippen LogP contribution is 2.28. The Morgan fingerprint density at radius 2 is 1.68 bits per heavy atom. The first-order valence-corrected chi connectivity index (χ1v) is 10.4. The monoisotopic (exact) mass is 424 g/mol. The molecule has 1 aromatic heterocycles. The van der Waals surface area contributed by atoms with E-state index in [1.54, 1.807) is 0 Å². The smallest absolute Gasteiger partial charge is 0.330 e. The maximum Gasteiger partial charge on any atom is 0.330 e. The maximum absolute atomic E-state index is 10.9. The van der Waals surface area contributed by atoms with Crippen LogP contribution in [-0.2, 0) is 9.53 Å². The van der Waals surface area contributed by atoms with Crippen molar-refractivity contribution in [2.24, 2.45) is 0 Å². The molecule has 0 bridgehead atoms. The van der Waals surface area contributed by atoms with Gasteiger partial charge in [0.05, 0.1) is 25.4 Å². The molecule has 2 aromatic carbocycles. The molecule has 2 N–H and O–H groups in total. The Morgan fingerprint density at radius 3 is 2.35 bits per heavy atom. The molecule has 3 aromatic rings. The zero-order valence-electron chi connectivity index (χ0n) is 17.4. The number of hydrogen-bond acceptors (Lipinski definition) is 6. The third-order valence-corrected chi connectivity index (χ3v) is 4.98. The average Bonchev–Trinajstić information content (AvgIpc) is 3.23. The van der Waals surface area contributed by atoms with Crippen LogP contribution >= 0.6 is 0 Å². The van der Waals surface area contributed by atoms with Gasteiger partial charge in [-0.25, -0.2) is 4.79 Å². The van der Waals surface area contributed by atoms with Crippen molar-refractivity contribution < 1.29 is 28.9 Å². The predicted molar refractivity (Wildman–Crippen MR) is 119 cm³/mol. The van der Waals surface area contributed by atoms with Gasteiger partial charge in [-0.05, 0) is 62.1 Å². The predicted octanol–water partition coefficient (Wildman–Crippen LogP) is 4.49. The Hall–Kier alpha value is -3.09. The number of fused-ring (bicyclic) bond motifs is 1. The van der Waals surface area contributed by atoms with Gasteiger partial charge < -0.3 is 24.1 Å². The summed E-state index contributed by atoms with van der Waals surface area (Å²) < 4.78 is 16.5. The van der Waals surface area contributed by atoms with Crippen LogP contribution in [0.4, 0.5) is 0 Å². The van der Waals surface area contributed by atoms with Gasteiger partial charge in [0.15, 0.2) is 0 Å². The summed E-state index contributed by atoms with van der Waals surface area (Å²) in [5, 5.41) is 21.1. The van der Waals surface area contributed by atoms with Crippen molar-refractivity contribution in [3.63, 3.8) is 0 Å². The fraction of sp³-hybridized carbons (Fsp3) is 0.320. The zero-order chi connectivity index (χ0) is 22.1. The van der Waals surface area contributed by atoms with E-state index in [0.717, 1.165) is 34.1 Å². The lowest BCUT2D eigenvalue weighted by Crippen LogP contribution is -2.26. The van der Waals surface area contributed by atoms with Gasteiger partial charge in [0.2, 0.25) is 0 Å². The number of rotatable bonds is 12. The maximum atomic E-state index is 10.9. The van der Waals surface area contributed by atoms with E-state index in [-0.39, 0.29) is 6.61 Å². The second-order valence-corrected chi connectivity index (χ2v) is 7.31. The van der Waals surface area contributed by atoms with Gasteiger partial charge in [-0.3, -0.25) is 0 Å². The van der Waals surface area contributed by atoms with Crippen molar-refractivity contribution in [2.45, 2.75) is 37.9 Å². The molecular weight excluding hydrogens is 396 g/mol. The van der Waals surface area contributed by atoms with Crippen LogP contribution in [0, 0.1) is 0 Å².